The first-order valence-electron chi connectivity index (χ1n) is 13.8. The summed E-state index contributed by atoms with van der Waals surface area (Å²) in [5, 5.41) is 2.83. The third-order valence-electron chi connectivity index (χ3n) is 7.85. The summed E-state index contributed by atoms with van der Waals surface area (Å²) in [5.74, 6) is -0.587. The van der Waals surface area contributed by atoms with Gasteiger partial charge in [0.15, 0.2) is 0 Å². The van der Waals surface area contributed by atoms with Gasteiger partial charge in [-0.2, -0.15) is 0 Å². The highest BCUT2D eigenvalue weighted by molar-refractivity contribution is 6.04. The van der Waals surface area contributed by atoms with Crippen molar-refractivity contribution in [1.82, 2.24) is 9.13 Å². The Bertz CT molecular complexity index is 1880. The molecule has 1 fully saturated rings. The molecule has 1 N–H and O–H groups in total. The number of rotatable bonds is 7. The van der Waals surface area contributed by atoms with Crippen molar-refractivity contribution < 1.29 is 18.7 Å². The Labute approximate surface area is 248 Å². The fourth-order valence-corrected chi connectivity index (χ4v) is 5.33. The summed E-state index contributed by atoms with van der Waals surface area (Å²) < 4.78 is 28.4. The van der Waals surface area contributed by atoms with Crippen molar-refractivity contribution in [2.24, 2.45) is 19.1 Å². The minimum absolute atomic E-state index is 0.144. The number of carbonyl (C=O) groups is 1. The van der Waals surface area contributed by atoms with Crippen molar-refractivity contribution in [1.29, 1.82) is 0 Å². The van der Waals surface area contributed by atoms with E-state index in [4.69, 9.17) is 9.47 Å². The van der Waals surface area contributed by atoms with E-state index in [0.29, 0.717) is 35.8 Å². The van der Waals surface area contributed by atoms with Crippen LogP contribution >= 0.6 is 0 Å². The number of anilines is 1. The molecule has 0 radical (unpaired) electrons. The lowest BCUT2D eigenvalue weighted by molar-refractivity contribution is 0.102. The molecule has 9 nitrogen and oxygen atoms in total. The molecular formula is C33H33FN4O5. The third-order valence-corrected chi connectivity index (χ3v) is 7.85. The predicted molar refractivity (Wildman–Crippen MR) is 165 cm³/mol. The molecule has 10 heteroatoms. The second-order valence-electron chi connectivity index (χ2n) is 10.5. The van der Waals surface area contributed by atoms with E-state index in [2.05, 4.69) is 10.3 Å². The summed E-state index contributed by atoms with van der Waals surface area (Å²) in [4.78, 5) is 42.3. The van der Waals surface area contributed by atoms with E-state index in [-0.39, 0.29) is 12.1 Å². The third kappa shape index (κ3) is 5.78. The van der Waals surface area contributed by atoms with Crippen molar-refractivity contribution in [3.63, 3.8) is 0 Å². The molecule has 0 atom stereocenters. The Morgan fingerprint density at radius 3 is 2.44 bits per heavy atom. The van der Waals surface area contributed by atoms with Crippen LogP contribution in [0.25, 0.3) is 22.3 Å². The zero-order valence-electron chi connectivity index (χ0n) is 24.8. The predicted octanol–water partition coefficient (Wildman–Crippen LogP) is 4.80. The van der Waals surface area contributed by atoms with Crippen molar-refractivity contribution in [3.8, 4) is 28.0 Å². The highest BCUT2D eigenvalue weighted by Gasteiger charge is 2.19. The maximum absolute atomic E-state index is 15.4. The van der Waals surface area contributed by atoms with Crippen LogP contribution in [0.3, 0.4) is 0 Å². The summed E-state index contributed by atoms with van der Waals surface area (Å²) in [6.45, 7) is 5.13. The second kappa shape index (κ2) is 12.2. The molecule has 0 spiro atoms. The maximum Gasteiger partial charge on any atom is 0.330 e. The van der Waals surface area contributed by atoms with Crippen molar-refractivity contribution in [2.45, 2.75) is 26.8 Å². The van der Waals surface area contributed by atoms with Gasteiger partial charge in [-0.1, -0.05) is 30.3 Å². The number of hydrogen-bond acceptors (Lipinski definition) is 6. The van der Waals surface area contributed by atoms with Crippen LogP contribution in [0.4, 0.5) is 10.1 Å². The molecular weight excluding hydrogens is 551 g/mol. The molecule has 0 bridgehead atoms. The highest BCUT2D eigenvalue weighted by Crippen LogP contribution is 2.38. The zero-order chi connectivity index (χ0) is 30.8. The van der Waals surface area contributed by atoms with E-state index in [0.717, 1.165) is 44.5 Å². The van der Waals surface area contributed by atoms with E-state index in [1.165, 1.54) is 38.0 Å². The molecule has 222 valence electrons. The number of nitrogens with zero attached hydrogens (tertiary/aromatic N) is 3. The van der Waals surface area contributed by atoms with Gasteiger partial charge >= 0.3 is 5.69 Å². The average molecular weight is 585 g/mol. The van der Waals surface area contributed by atoms with Crippen LogP contribution in [-0.4, -0.2) is 41.1 Å². The smallest absolute Gasteiger partial charge is 0.330 e. The number of methoxy groups -OCH3 is 1. The number of aromatic nitrogens is 2. The van der Waals surface area contributed by atoms with Crippen molar-refractivity contribution in [3.05, 3.63) is 104 Å². The Morgan fingerprint density at radius 1 is 1.05 bits per heavy atom. The molecule has 4 aromatic rings. The molecule has 1 aliphatic rings. The van der Waals surface area contributed by atoms with Crippen LogP contribution in [0.5, 0.6) is 5.75 Å². The van der Waals surface area contributed by atoms with E-state index >= 15 is 4.39 Å². The number of halogens is 1. The van der Waals surface area contributed by atoms with Crippen molar-refractivity contribution in [2.75, 3.05) is 25.6 Å². The van der Waals surface area contributed by atoms with Crippen LogP contribution < -0.4 is 21.3 Å². The average Bonchev–Trinajstić information content (AvgIpc) is 3.52. The van der Waals surface area contributed by atoms with Gasteiger partial charge in [0, 0.05) is 38.1 Å². The van der Waals surface area contributed by atoms with E-state index < -0.39 is 23.0 Å². The second-order valence-corrected chi connectivity index (χ2v) is 10.5. The molecule has 1 saturated heterocycles. The first kappa shape index (κ1) is 29.7. The van der Waals surface area contributed by atoms with Gasteiger partial charge in [0.2, 0.25) is 0 Å². The fourth-order valence-electron chi connectivity index (χ4n) is 5.33. The standard InChI is InChI=1S/C33H33FN4O5/c1-19-23(21-14-28(34)26(30(15-21)42-5)16-35-22-12-13-43-18-22)8-6-9-24(19)25-10-7-11-29(20(25)2)36-31(39)27-17-37(3)33(41)38(4)32(27)40/h6-11,14-15,17H,12-13,16,18H2,1-5H3,(H,36,39). The normalized spacial score (nSPS) is 13.9. The Hall–Kier alpha value is -4.83. The molecule has 1 aliphatic heterocycles. The van der Waals surface area contributed by atoms with Gasteiger partial charge < -0.3 is 19.4 Å². The molecule has 43 heavy (non-hydrogen) atoms. The van der Waals surface area contributed by atoms with Gasteiger partial charge in [0.25, 0.3) is 11.5 Å². The summed E-state index contributed by atoms with van der Waals surface area (Å²) in [5.41, 5.74) is 5.47. The lowest BCUT2D eigenvalue weighted by Crippen LogP contribution is -2.40. The number of aliphatic imine (C=N–C) groups is 1. The summed E-state index contributed by atoms with van der Waals surface area (Å²) in [6, 6.07) is 14.6. The van der Waals surface area contributed by atoms with Crippen molar-refractivity contribution >= 4 is 17.3 Å². The molecule has 3 aromatic carbocycles. The van der Waals surface area contributed by atoms with Gasteiger partial charge in [-0.3, -0.25) is 19.1 Å². The van der Waals surface area contributed by atoms with Gasteiger partial charge in [-0.05, 0) is 65.4 Å². The molecule has 0 unspecified atom stereocenters. The van der Waals surface area contributed by atoms with Crippen LogP contribution in [0.15, 0.2) is 69.3 Å². The summed E-state index contributed by atoms with van der Waals surface area (Å²) >= 11 is 0. The van der Waals surface area contributed by atoms with Crippen LogP contribution in [-0.2, 0) is 25.4 Å². The molecule has 2 heterocycles. The van der Waals surface area contributed by atoms with Crippen LogP contribution in [0.1, 0.15) is 33.5 Å². The van der Waals surface area contributed by atoms with E-state index in [9.17, 15) is 14.4 Å². The van der Waals surface area contributed by atoms with Crippen LogP contribution in [0.2, 0.25) is 0 Å². The topological polar surface area (TPSA) is 104 Å². The molecule has 1 amide bonds. The lowest BCUT2D eigenvalue weighted by Gasteiger charge is -2.18. The van der Waals surface area contributed by atoms with Gasteiger partial charge in [0.05, 0.1) is 32.4 Å². The Kier molecular flexibility index (Phi) is 8.40. The monoisotopic (exact) mass is 584 g/mol. The quantitative estimate of drug-likeness (QED) is 0.336. The van der Waals surface area contributed by atoms with Gasteiger partial charge in [0.1, 0.15) is 17.1 Å². The number of benzene rings is 3. The highest BCUT2D eigenvalue weighted by atomic mass is 19.1. The number of aryl methyl sites for hydroxylation is 1. The first-order chi connectivity index (χ1) is 20.6. The molecule has 0 aliphatic carbocycles. The number of ether oxygens (including phenoxy) is 2. The maximum atomic E-state index is 15.4. The first-order valence-corrected chi connectivity index (χ1v) is 13.8. The molecule has 5 rings (SSSR count). The van der Waals surface area contributed by atoms with E-state index in [1.54, 1.807) is 6.07 Å². The Morgan fingerprint density at radius 2 is 1.74 bits per heavy atom. The molecule has 0 saturated carbocycles. The van der Waals surface area contributed by atoms with Crippen LogP contribution in [0, 0.1) is 19.7 Å². The zero-order valence-corrected chi connectivity index (χ0v) is 24.8. The molecule has 1 aromatic heterocycles. The summed E-state index contributed by atoms with van der Waals surface area (Å²) in [7, 11) is 4.33. The minimum atomic E-state index is -0.674. The summed E-state index contributed by atoms with van der Waals surface area (Å²) in [6.07, 6.45) is 1.99. The number of carbonyl (C=O) groups excluding carboxylic acids is 1. The van der Waals surface area contributed by atoms with Gasteiger partial charge in [-0.15, -0.1) is 0 Å². The van der Waals surface area contributed by atoms with Gasteiger partial charge in [-0.25, -0.2) is 9.18 Å². The number of nitrogens with one attached hydrogen (secondary N) is 1. The number of amides is 1. The largest absolute Gasteiger partial charge is 0.496 e. The number of hydrogen-bond donors (Lipinski definition) is 1. The Balaban J connectivity index is 1.49. The SMILES string of the molecule is COc1cc(-c2cccc(-c3cccc(NC(=O)c4cn(C)c(=O)n(C)c4=O)c3C)c2C)cc(F)c1CN=C1CCOC1. The fraction of sp³-hybridized carbons (Fsp3) is 0.273. The minimum Gasteiger partial charge on any atom is -0.496 e. The van der Waals surface area contributed by atoms with E-state index in [1.807, 2.05) is 50.2 Å². The lowest BCUT2D eigenvalue weighted by atomic mass is 9.90.